The summed E-state index contributed by atoms with van der Waals surface area (Å²) >= 11 is 0. The van der Waals surface area contributed by atoms with E-state index in [4.69, 9.17) is 9.26 Å². The lowest BCUT2D eigenvalue weighted by molar-refractivity contribution is 0.0850. The van der Waals surface area contributed by atoms with Gasteiger partial charge in [0.2, 0.25) is 0 Å². The molecule has 0 aliphatic carbocycles. The zero-order valence-corrected chi connectivity index (χ0v) is 18.0. The van der Waals surface area contributed by atoms with Crippen LogP contribution in [0.4, 0.5) is 10.5 Å². The summed E-state index contributed by atoms with van der Waals surface area (Å²) in [6.07, 6.45) is 1.83. The Labute approximate surface area is 182 Å². The maximum atomic E-state index is 12.8. The third kappa shape index (κ3) is 5.49. The molecule has 1 saturated heterocycles. The van der Waals surface area contributed by atoms with E-state index in [1.54, 1.807) is 0 Å². The van der Waals surface area contributed by atoms with Crippen LogP contribution in [-0.4, -0.2) is 34.2 Å². The van der Waals surface area contributed by atoms with Gasteiger partial charge in [0.1, 0.15) is 6.61 Å². The van der Waals surface area contributed by atoms with Crippen molar-refractivity contribution < 1.29 is 14.1 Å². The SMILES string of the molecule is Cc1ccc(NC(=O)N2CCCC(c3noc(COCc4ccccc4)n3)C2)cc1C. The number of piperidine rings is 1. The number of carbonyl (C=O) groups is 1. The number of ether oxygens (including phenoxy) is 1. The number of carbonyl (C=O) groups excluding carboxylic acids is 1. The topological polar surface area (TPSA) is 80.5 Å². The van der Waals surface area contributed by atoms with Gasteiger partial charge in [-0.1, -0.05) is 41.6 Å². The van der Waals surface area contributed by atoms with Crippen molar-refractivity contribution in [3.05, 3.63) is 76.9 Å². The minimum Gasteiger partial charge on any atom is -0.367 e. The highest BCUT2D eigenvalue weighted by Gasteiger charge is 2.28. The van der Waals surface area contributed by atoms with Gasteiger partial charge >= 0.3 is 6.03 Å². The van der Waals surface area contributed by atoms with Crippen molar-refractivity contribution in [3.63, 3.8) is 0 Å². The van der Waals surface area contributed by atoms with Gasteiger partial charge in [0.25, 0.3) is 5.89 Å². The molecule has 1 atom stereocenters. The molecule has 2 aromatic carbocycles. The number of benzene rings is 2. The molecule has 0 saturated carbocycles. The van der Waals surface area contributed by atoms with E-state index in [0.29, 0.717) is 24.9 Å². The van der Waals surface area contributed by atoms with Crippen LogP contribution in [0.2, 0.25) is 0 Å². The molecule has 1 unspecified atom stereocenters. The number of urea groups is 1. The number of amides is 2. The van der Waals surface area contributed by atoms with Crippen molar-refractivity contribution in [2.75, 3.05) is 18.4 Å². The molecule has 1 fully saturated rings. The first-order chi connectivity index (χ1) is 15.1. The summed E-state index contributed by atoms with van der Waals surface area (Å²) in [5.74, 6) is 1.16. The summed E-state index contributed by atoms with van der Waals surface area (Å²) in [7, 11) is 0. The number of hydrogen-bond donors (Lipinski definition) is 1. The number of nitrogens with one attached hydrogen (secondary N) is 1. The number of aryl methyl sites for hydroxylation is 2. The van der Waals surface area contributed by atoms with Gasteiger partial charge in [0.05, 0.1) is 6.61 Å². The Bertz CT molecular complexity index is 1020. The molecular formula is C24H28N4O3. The Hall–Kier alpha value is -3.19. The third-order valence-electron chi connectivity index (χ3n) is 5.65. The second-order valence-corrected chi connectivity index (χ2v) is 8.04. The highest BCUT2D eigenvalue weighted by molar-refractivity contribution is 5.89. The fourth-order valence-electron chi connectivity index (χ4n) is 3.72. The quantitative estimate of drug-likeness (QED) is 0.619. The maximum absolute atomic E-state index is 12.8. The van der Waals surface area contributed by atoms with Crippen LogP contribution in [0.3, 0.4) is 0 Å². The van der Waals surface area contributed by atoms with Crippen LogP contribution in [0, 0.1) is 13.8 Å². The van der Waals surface area contributed by atoms with Crippen LogP contribution in [0.1, 0.15) is 47.2 Å². The van der Waals surface area contributed by atoms with E-state index in [-0.39, 0.29) is 18.6 Å². The summed E-state index contributed by atoms with van der Waals surface area (Å²) in [5, 5.41) is 7.14. The van der Waals surface area contributed by atoms with Crippen molar-refractivity contribution in [2.24, 2.45) is 0 Å². The van der Waals surface area contributed by atoms with Crippen LogP contribution in [0.15, 0.2) is 53.1 Å². The van der Waals surface area contributed by atoms with Crippen molar-refractivity contribution in [1.29, 1.82) is 0 Å². The molecule has 7 nitrogen and oxygen atoms in total. The minimum atomic E-state index is -0.0946. The summed E-state index contributed by atoms with van der Waals surface area (Å²) in [6, 6.07) is 15.8. The zero-order valence-electron chi connectivity index (χ0n) is 18.0. The summed E-state index contributed by atoms with van der Waals surface area (Å²) < 4.78 is 11.0. The van der Waals surface area contributed by atoms with Crippen molar-refractivity contribution in [3.8, 4) is 0 Å². The predicted octanol–water partition coefficient (Wildman–Crippen LogP) is 4.81. The monoisotopic (exact) mass is 420 g/mol. The second-order valence-electron chi connectivity index (χ2n) is 8.04. The van der Waals surface area contributed by atoms with E-state index in [1.807, 2.05) is 60.4 Å². The van der Waals surface area contributed by atoms with E-state index >= 15 is 0 Å². The van der Waals surface area contributed by atoms with E-state index in [9.17, 15) is 4.79 Å². The number of aromatic nitrogens is 2. The summed E-state index contributed by atoms with van der Waals surface area (Å²) in [5.41, 5.74) is 4.27. The average molecular weight is 421 g/mol. The van der Waals surface area contributed by atoms with Crippen molar-refractivity contribution in [2.45, 2.75) is 45.8 Å². The lowest BCUT2D eigenvalue weighted by Crippen LogP contribution is -2.41. The van der Waals surface area contributed by atoms with E-state index in [0.717, 1.165) is 36.2 Å². The Morgan fingerprint density at radius 2 is 2.00 bits per heavy atom. The molecule has 0 spiro atoms. The number of nitrogens with zero attached hydrogens (tertiary/aromatic N) is 3. The fraction of sp³-hybridized carbons (Fsp3) is 0.375. The molecule has 31 heavy (non-hydrogen) atoms. The molecule has 7 heteroatoms. The minimum absolute atomic E-state index is 0.0610. The molecule has 3 aromatic rings. The molecule has 1 N–H and O–H groups in total. The van der Waals surface area contributed by atoms with Gasteiger partial charge in [-0.25, -0.2) is 4.79 Å². The molecule has 1 aliphatic heterocycles. The Balaban J connectivity index is 1.31. The first kappa shape index (κ1) is 21.1. The maximum Gasteiger partial charge on any atom is 0.321 e. The van der Waals surface area contributed by atoms with E-state index in [1.165, 1.54) is 5.56 Å². The van der Waals surface area contributed by atoms with Gasteiger partial charge in [-0.05, 0) is 55.5 Å². The van der Waals surface area contributed by atoms with Gasteiger partial charge in [-0.3, -0.25) is 0 Å². The number of hydrogen-bond acceptors (Lipinski definition) is 5. The molecule has 2 amide bonds. The molecule has 162 valence electrons. The lowest BCUT2D eigenvalue weighted by atomic mass is 9.97. The first-order valence-electron chi connectivity index (χ1n) is 10.7. The van der Waals surface area contributed by atoms with Crippen LogP contribution < -0.4 is 5.32 Å². The average Bonchev–Trinajstić information content (AvgIpc) is 3.26. The van der Waals surface area contributed by atoms with Gasteiger partial charge in [0.15, 0.2) is 5.82 Å². The molecule has 0 bridgehead atoms. The van der Waals surface area contributed by atoms with Gasteiger partial charge in [-0.2, -0.15) is 4.98 Å². The van der Waals surface area contributed by atoms with E-state index < -0.39 is 0 Å². The molecule has 4 rings (SSSR count). The summed E-state index contributed by atoms with van der Waals surface area (Å²) in [6.45, 7) is 6.15. The van der Waals surface area contributed by atoms with Crippen molar-refractivity contribution in [1.82, 2.24) is 15.0 Å². The highest BCUT2D eigenvalue weighted by atomic mass is 16.5. The molecule has 1 aromatic heterocycles. The zero-order chi connectivity index (χ0) is 21.6. The Morgan fingerprint density at radius 1 is 1.16 bits per heavy atom. The van der Waals surface area contributed by atoms with E-state index in [2.05, 4.69) is 22.4 Å². The molecule has 0 radical (unpaired) electrons. The number of anilines is 1. The third-order valence-corrected chi connectivity index (χ3v) is 5.65. The largest absolute Gasteiger partial charge is 0.367 e. The number of rotatable bonds is 6. The second kappa shape index (κ2) is 9.75. The first-order valence-corrected chi connectivity index (χ1v) is 10.7. The van der Waals surface area contributed by atoms with Crippen LogP contribution in [0.25, 0.3) is 0 Å². The smallest absolute Gasteiger partial charge is 0.321 e. The van der Waals surface area contributed by atoms with Crippen LogP contribution in [-0.2, 0) is 18.0 Å². The number of likely N-dealkylation sites (tertiary alicyclic amines) is 1. The highest BCUT2D eigenvalue weighted by Crippen LogP contribution is 2.26. The van der Waals surface area contributed by atoms with Gasteiger partial charge in [0, 0.05) is 24.7 Å². The molecule has 1 aliphatic rings. The van der Waals surface area contributed by atoms with Crippen LogP contribution >= 0.6 is 0 Å². The van der Waals surface area contributed by atoms with Gasteiger partial charge in [-0.15, -0.1) is 0 Å². The Morgan fingerprint density at radius 3 is 2.81 bits per heavy atom. The standard InChI is InChI=1S/C24H28N4O3/c1-17-10-11-21(13-18(17)2)25-24(29)28-12-6-9-20(14-28)23-26-22(31-27-23)16-30-15-19-7-4-3-5-8-19/h3-5,7-8,10-11,13,20H,6,9,12,14-16H2,1-2H3,(H,25,29). The summed E-state index contributed by atoms with van der Waals surface area (Å²) in [4.78, 5) is 19.1. The van der Waals surface area contributed by atoms with Gasteiger partial charge < -0.3 is 19.5 Å². The van der Waals surface area contributed by atoms with Crippen molar-refractivity contribution >= 4 is 11.7 Å². The molecular weight excluding hydrogens is 392 g/mol. The van der Waals surface area contributed by atoms with Crippen LogP contribution in [0.5, 0.6) is 0 Å². The predicted molar refractivity (Wildman–Crippen MR) is 118 cm³/mol. The fourth-order valence-corrected chi connectivity index (χ4v) is 3.72. The normalized spacial score (nSPS) is 16.3. The lowest BCUT2D eigenvalue weighted by Gasteiger charge is -2.31. The molecule has 2 heterocycles. The Kier molecular flexibility index (Phi) is 6.62.